The molecule has 3 rings (SSSR count). The van der Waals surface area contributed by atoms with Crippen molar-refractivity contribution in [3.8, 4) is 0 Å². The number of carbonyl (C=O) groups excluding carboxylic acids is 1. The molecule has 0 aromatic carbocycles. The average Bonchev–Trinajstić information content (AvgIpc) is 2.69. The van der Waals surface area contributed by atoms with Gasteiger partial charge in [0.15, 0.2) is 0 Å². The van der Waals surface area contributed by atoms with Crippen LogP contribution >= 0.6 is 12.4 Å². The maximum Gasteiger partial charge on any atom is 0.410 e. The van der Waals surface area contributed by atoms with E-state index in [0.29, 0.717) is 12.1 Å². The van der Waals surface area contributed by atoms with Crippen LogP contribution in [0.2, 0.25) is 0 Å². The molecule has 0 radical (unpaired) electrons. The summed E-state index contributed by atoms with van der Waals surface area (Å²) in [4.78, 5) is 16.9. The summed E-state index contributed by atoms with van der Waals surface area (Å²) < 4.78 is 5.55. The average molecular weight is 346 g/mol. The fraction of sp³-hybridized carbons (Fsp3) is 0.941. The maximum atomic E-state index is 12.3. The van der Waals surface area contributed by atoms with Crippen LogP contribution in [0.25, 0.3) is 0 Å². The molecule has 5 nitrogen and oxygen atoms in total. The Balaban J connectivity index is 0.00000192. The monoisotopic (exact) mass is 345 g/mol. The van der Waals surface area contributed by atoms with Crippen molar-refractivity contribution >= 4 is 18.5 Å². The van der Waals surface area contributed by atoms with Crippen molar-refractivity contribution < 1.29 is 9.53 Å². The molecular formula is C17H32ClN3O2. The topological polar surface area (TPSA) is 44.8 Å². The van der Waals surface area contributed by atoms with Crippen LogP contribution in [-0.2, 0) is 4.74 Å². The summed E-state index contributed by atoms with van der Waals surface area (Å²) in [5.74, 6) is 0.831. The van der Waals surface area contributed by atoms with E-state index >= 15 is 0 Å². The molecule has 0 aromatic rings. The van der Waals surface area contributed by atoms with Crippen LogP contribution in [0.15, 0.2) is 0 Å². The normalized spacial score (nSPS) is 29.3. The highest BCUT2D eigenvalue weighted by Crippen LogP contribution is 2.32. The number of likely N-dealkylation sites (tertiary alicyclic amines) is 1. The number of nitrogens with one attached hydrogen (secondary N) is 1. The van der Waals surface area contributed by atoms with E-state index < -0.39 is 5.60 Å². The van der Waals surface area contributed by atoms with Crippen LogP contribution < -0.4 is 5.32 Å². The minimum Gasteiger partial charge on any atom is -0.444 e. The molecule has 3 aliphatic heterocycles. The largest absolute Gasteiger partial charge is 0.444 e. The lowest BCUT2D eigenvalue weighted by molar-refractivity contribution is -0.00214. The highest BCUT2D eigenvalue weighted by atomic mass is 35.5. The van der Waals surface area contributed by atoms with E-state index in [-0.39, 0.29) is 18.5 Å². The number of carbonyl (C=O) groups is 1. The number of amides is 1. The minimum absolute atomic E-state index is 0. The molecule has 6 heteroatoms. The number of fused-ring (bicyclic) bond motifs is 2. The first-order chi connectivity index (χ1) is 10.4. The van der Waals surface area contributed by atoms with Crippen LogP contribution in [0.4, 0.5) is 4.79 Å². The molecule has 0 spiro atoms. The van der Waals surface area contributed by atoms with Gasteiger partial charge < -0.3 is 15.0 Å². The molecule has 3 saturated heterocycles. The lowest BCUT2D eigenvalue weighted by Crippen LogP contribution is -2.57. The standard InChI is InChI=1S/C17H31N3O2.ClH/c1-17(2,3)22-16(21)19-11-14-4-5-15(12-19)20(14)10-13-6-8-18-9-7-13;/h13-15,18H,4-12H2,1-3H3;1H. The van der Waals surface area contributed by atoms with Gasteiger partial charge in [-0.25, -0.2) is 4.79 Å². The Morgan fingerprint density at radius 2 is 1.65 bits per heavy atom. The quantitative estimate of drug-likeness (QED) is 0.835. The number of hydrogen-bond donors (Lipinski definition) is 1. The zero-order chi connectivity index (χ0) is 15.7. The van der Waals surface area contributed by atoms with Gasteiger partial charge in [-0.05, 0) is 65.5 Å². The Bertz CT molecular complexity index is 393. The molecule has 1 N–H and O–H groups in total. The predicted octanol–water partition coefficient (Wildman–Crippen LogP) is 2.49. The lowest BCUT2D eigenvalue weighted by atomic mass is 9.96. The van der Waals surface area contributed by atoms with Crippen molar-refractivity contribution in [1.29, 1.82) is 0 Å². The second-order valence-electron chi connectivity index (χ2n) is 8.16. The van der Waals surface area contributed by atoms with Gasteiger partial charge >= 0.3 is 6.09 Å². The van der Waals surface area contributed by atoms with E-state index in [1.807, 2.05) is 25.7 Å². The van der Waals surface area contributed by atoms with E-state index in [0.717, 1.165) is 32.1 Å². The lowest BCUT2D eigenvalue weighted by Gasteiger charge is -2.43. The van der Waals surface area contributed by atoms with E-state index in [1.54, 1.807) is 0 Å². The Morgan fingerprint density at radius 1 is 1.09 bits per heavy atom. The van der Waals surface area contributed by atoms with Crippen molar-refractivity contribution in [2.24, 2.45) is 5.92 Å². The van der Waals surface area contributed by atoms with Crippen molar-refractivity contribution in [2.75, 3.05) is 32.7 Å². The second-order valence-corrected chi connectivity index (χ2v) is 8.16. The van der Waals surface area contributed by atoms with Gasteiger partial charge in [0, 0.05) is 31.7 Å². The molecule has 2 bridgehead atoms. The predicted molar refractivity (Wildman–Crippen MR) is 94.2 cm³/mol. The Labute approximate surface area is 146 Å². The van der Waals surface area contributed by atoms with Crippen molar-refractivity contribution in [3.05, 3.63) is 0 Å². The zero-order valence-electron chi connectivity index (χ0n) is 14.7. The van der Waals surface area contributed by atoms with E-state index in [4.69, 9.17) is 4.74 Å². The molecule has 134 valence electrons. The highest BCUT2D eigenvalue weighted by molar-refractivity contribution is 5.85. The van der Waals surface area contributed by atoms with Crippen molar-refractivity contribution in [3.63, 3.8) is 0 Å². The molecule has 23 heavy (non-hydrogen) atoms. The maximum absolute atomic E-state index is 12.3. The first-order valence-corrected chi connectivity index (χ1v) is 8.87. The molecule has 3 fully saturated rings. The molecule has 0 aromatic heterocycles. The first-order valence-electron chi connectivity index (χ1n) is 8.87. The van der Waals surface area contributed by atoms with Gasteiger partial charge in [0.2, 0.25) is 0 Å². The highest BCUT2D eigenvalue weighted by Gasteiger charge is 2.42. The number of rotatable bonds is 2. The molecule has 3 aliphatic rings. The SMILES string of the molecule is CC(C)(C)OC(=O)N1CC2CCC(C1)N2CC1CCNCC1.Cl. The van der Waals surface area contributed by atoms with Crippen LogP contribution in [0.3, 0.4) is 0 Å². The summed E-state index contributed by atoms with van der Waals surface area (Å²) in [6.07, 6.45) is 4.92. The third-order valence-electron chi connectivity index (χ3n) is 5.21. The van der Waals surface area contributed by atoms with Crippen LogP contribution in [0.1, 0.15) is 46.5 Å². The van der Waals surface area contributed by atoms with Crippen LogP contribution in [0, 0.1) is 5.92 Å². The number of piperidine rings is 1. The summed E-state index contributed by atoms with van der Waals surface area (Å²) >= 11 is 0. The Hall–Kier alpha value is -0.520. The summed E-state index contributed by atoms with van der Waals surface area (Å²) in [6, 6.07) is 1.09. The van der Waals surface area contributed by atoms with Crippen LogP contribution in [0.5, 0.6) is 0 Å². The molecule has 0 aliphatic carbocycles. The fourth-order valence-corrected chi connectivity index (χ4v) is 4.13. The van der Waals surface area contributed by atoms with E-state index in [9.17, 15) is 4.79 Å². The Morgan fingerprint density at radius 3 is 2.17 bits per heavy atom. The number of nitrogens with zero attached hydrogens (tertiary/aromatic N) is 2. The van der Waals surface area contributed by atoms with Gasteiger partial charge in [0.05, 0.1) is 0 Å². The van der Waals surface area contributed by atoms with E-state index in [2.05, 4.69) is 10.2 Å². The van der Waals surface area contributed by atoms with Crippen molar-refractivity contribution in [1.82, 2.24) is 15.1 Å². The summed E-state index contributed by atoms with van der Waals surface area (Å²) in [5.41, 5.74) is -0.400. The number of halogens is 1. The third-order valence-corrected chi connectivity index (χ3v) is 5.21. The molecule has 2 unspecified atom stereocenters. The third kappa shape index (κ3) is 4.74. The number of hydrogen-bond acceptors (Lipinski definition) is 4. The molecule has 3 heterocycles. The smallest absolute Gasteiger partial charge is 0.410 e. The zero-order valence-corrected chi connectivity index (χ0v) is 15.5. The number of ether oxygens (including phenoxy) is 1. The van der Waals surface area contributed by atoms with Gasteiger partial charge in [0.25, 0.3) is 0 Å². The first kappa shape index (κ1) is 18.8. The van der Waals surface area contributed by atoms with E-state index in [1.165, 1.54) is 32.2 Å². The summed E-state index contributed by atoms with van der Waals surface area (Å²) in [7, 11) is 0. The minimum atomic E-state index is -0.400. The van der Waals surface area contributed by atoms with Crippen LogP contribution in [-0.4, -0.2) is 66.3 Å². The molecular weight excluding hydrogens is 314 g/mol. The molecule has 1 amide bonds. The Kier molecular flexibility index (Phi) is 6.20. The molecule has 0 saturated carbocycles. The van der Waals surface area contributed by atoms with Gasteiger partial charge in [-0.1, -0.05) is 0 Å². The van der Waals surface area contributed by atoms with Gasteiger partial charge in [-0.3, -0.25) is 4.90 Å². The molecule has 2 atom stereocenters. The van der Waals surface area contributed by atoms with Gasteiger partial charge in [0.1, 0.15) is 5.60 Å². The summed E-state index contributed by atoms with van der Waals surface area (Å²) in [6.45, 7) is 11.0. The van der Waals surface area contributed by atoms with Gasteiger partial charge in [-0.2, -0.15) is 0 Å². The second kappa shape index (κ2) is 7.58. The van der Waals surface area contributed by atoms with Gasteiger partial charge in [-0.15, -0.1) is 12.4 Å². The fourth-order valence-electron chi connectivity index (χ4n) is 4.13. The van der Waals surface area contributed by atoms with Crippen molar-refractivity contribution in [2.45, 2.75) is 64.1 Å². The summed E-state index contributed by atoms with van der Waals surface area (Å²) in [5, 5.41) is 3.45. The number of piperazine rings is 1.